The number of carbonyl (C=O) groups excluding carboxylic acids is 3. The van der Waals surface area contributed by atoms with Gasteiger partial charge in [-0.25, -0.2) is 0 Å². The van der Waals surface area contributed by atoms with Crippen LogP contribution in [0.4, 0.5) is 13.2 Å². The Morgan fingerprint density at radius 3 is 2.29 bits per heavy atom. The summed E-state index contributed by atoms with van der Waals surface area (Å²) < 4.78 is 49.8. The zero-order chi connectivity index (χ0) is 25.6. The second kappa shape index (κ2) is 8.55. The molecule has 0 saturated heterocycles. The number of nitrogens with zero attached hydrogens (tertiary/aromatic N) is 1. The molecule has 0 saturated carbocycles. The van der Waals surface area contributed by atoms with E-state index in [9.17, 15) is 27.6 Å². The van der Waals surface area contributed by atoms with E-state index < -0.39 is 40.3 Å². The normalized spacial score (nSPS) is 21.7. The first kappa shape index (κ1) is 24.5. The summed E-state index contributed by atoms with van der Waals surface area (Å²) >= 11 is 0. The van der Waals surface area contributed by atoms with Crippen molar-refractivity contribution in [1.82, 2.24) is 10.2 Å². The van der Waals surface area contributed by atoms with Gasteiger partial charge in [-0.2, -0.15) is 13.2 Å². The quantitative estimate of drug-likeness (QED) is 0.679. The predicted octanol–water partition coefficient (Wildman–Crippen LogP) is 4.41. The largest absolute Gasteiger partial charge is 0.496 e. The average molecular weight is 486 g/mol. The van der Waals surface area contributed by atoms with Gasteiger partial charge in [0, 0.05) is 12.1 Å². The summed E-state index contributed by atoms with van der Waals surface area (Å²) in [6.07, 6.45) is -5.37. The fraction of sp³-hybridized carbons (Fsp3) is 0.346. The van der Waals surface area contributed by atoms with Crippen LogP contribution in [0.15, 0.2) is 65.9 Å². The van der Waals surface area contributed by atoms with Crippen LogP contribution in [-0.2, 0) is 16.1 Å². The number of methoxy groups -OCH3 is 1. The zero-order valence-corrected chi connectivity index (χ0v) is 19.5. The maximum absolute atomic E-state index is 14.9. The molecule has 2 aromatic rings. The molecule has 4 rings (SSSR count). The predicted molar refractivity (Wildman–Crippen MR) is 121 cm³/mol. The van der Waals surface area contributed by atoms with E-state index in [2.05, 4.69) is 0 Å². The number of nitrogens with one attached hydrogen (secondary N) is 1. The first-order valence-corrected chi connectivity index (χ1v) is 11.1. The summed E-state index contributed by atoms with van der Waals surface area (Å²) in [6.45, 7) is 3.37. The fourth-order valence-electron chi connectivity index (χ4n) is 4.83. The Labute approximate surface area is 200 Å². The molecule has 0 spiro atoms. The third-order valence-electron chi connectivity index (χ3n) is 6.38. The molecular weight excluding hydrogens is 461 g/mol. The van der Waals surface area contributed by atoms with Crippen molar-refractivity contribution in [3.05, 3.63) is 77.0 Å². The van der Waals surface area contributed by atoms with Gasteiger partial charge < -0.3 is 15.0 Å². The summed E-state index contributed by atoms with van der Waals surface area (Å²) in [5, 5.41) is 1.93. The van der Waals surface area contributed by atoms with Gasteiger partial charge in [0.2, 0.25) is 5.54 Å². The number of amides is 2. The molecule has 2 aromatic carbocycles. The highest BCUT2D eigenvalue weighted by atomic mass is 19.4. The van der Waals surface area contributed by atoms with E-state index in [1.165, 1.54) is 25.3 Å². The van der Waals surface area contributed by atoms with Crippen molar-refractivity contribution in [2.75, 3.05) is 7.11 Å². The molecular formula is C26H25F3N2O4. The van der Waals surface area contributed by atoms with Crippen molar-refractivity contribution in [3.8, 4) is 5.75 Å². The number of ether oxygens (including phenoxy) is 1. The first-order valence-electron chi connectivity index (χ1n) is 11.1. The van der Waals surface area contributed by atoms with E-state index in [1.807, 2.05) is 5.32 Å². The second-order valence-electron chi connectivity index (χ2n) is 9.54. The zero-order valence-electron chi connectivity index (χ0n) is 19.5. The summed E-state index contributed by atoms with van der Waals surface area (Å²) in [4.78, 5) is 41.1. The number of hydrogen-bond donors (Lipinski definition) is 1. The molecule has 0 aromatic heterocycles. The van der Waals surface area contributed by atoms with E-state index in [0.29, 0.717) is 5.56 Å². The third kappa shape index (κ3) is 4.09. The van der Waals surface area contributed by atoms with Gasteiger partial charge in [-0.1, -0.05) is 56.3 Å². The summed E-state index contributed by atoms with van der Waals surface area (Å²) in [5.41, 5.74) is -4.44. The standard InChI is InChI=1S/C26H25F3N2O4/c1-24(2)13-18-21(19(32)14-24)25(26(27,28)29,23(34)31(18)15-16-9-5-4-6-10-16)30-22(33)17-11-7-8-12-20(17)35-3/h4-12H,13-15H2,1-3H3,(H,30,33). The third-order valence-corrected chi connectivity index (χ3v) is 6.38. The summed E-state index contributed by atoms with van der Waals surface area (Å²) in [7, 11) is 1.28. The monoisotopic (exact) mass is 486 g/mol. The van der Waals surface area contributed by atoms with Crippen molar-refractivity contribution < 1.29 is 32.3 Å². The van der Waals surface area contributed by atoms with Crippen molar-refractivity contribution >= 4 is 17.6 Å². The Kier molecular flexibility index (Phi) is 5.99. The lowest BCUT2D eigenvalue weighted by atomic mass is 9.72. The molecule has 1 atom stereocenters. The van der Waals surface area contributed by atoms with E-state index in [0.717, 1.165) is 4.90 Å². The number of ketones is 1. The number of carbonyl (C=O) groups is 3. The van der Waals surface area contributed by atoms with Crippen LogP contribution in [-0.4, -0.2) is 41.3 Å². The number of Topliss-reactive ketones (excluding diaryl/α,β-unsaturated/α-hetero) is 1. The van der Waals surface area contributed by atoms with Crippen LogP contribution in [0.3, 0.4) is 0 Å². The molecule has 35 heavy (non-hydrogen) atoms. The lowest BCUT2D eigenvalue weighted by Crippen LogP contribution is -2.66. The van der Waals surface area contributed by atoms with E-state index in [1.54, 1.807) is 50.2 Å². The Hall–Kier alpha value is -3.62. The number of para-hydroxylation sites is 1. The van der Waals surface area contributed by atoms with Crippen LogP contribution in [0.25, 0.3) is 0 Å². The Morgan fingerprint density at radius 2 is 1.66 bits per heavy atom. The molecule has 1 aliphatic heterocycles. The number of halogens is 3. The smallest absolute Gasteiger partial charge is 0.425 e. The minimum atomic E-state index is -5.27. The van der Waals surface area contributed by atoms with Crippen molar-refractivity contribution in [2.24, 2.45) is 5.41 Å². The van der Waals surface area contributed by atoms with Gasteiger partial charge in [-0.05, 0) is 29.5 Å². The minimum Gasteiger partial charge on any atom is -0.496 e. The highest BCUT2D eigenvalue weighted by Gasteiger charge is 2.71. The Morgan fingerprint density at radius 1 is 1.03 bits per heavy atom. The summed E-state index contributed by atoms with van der Waals surface area (Å²) in [6, 6.07) is 14.3. The maximum atomic E-state index is 14.9. The lowest BCUT2D eigenvalue weighted by Gasteiger charge is -2.35. The molecule has 0 bridgehead atoms. The molecule has 0 radical (unpaired) electrons. The first-order chi connectivity index (χ1) is 16.4. The summed E-state index contributed by atoms with van der Waals surface area (Å²) in [5.74, 6) is -3.33. The van der Waals surface area contributed by atoms with E-state index in [4.69, 9.17) is 4.74 Å². The van der Waals surface area contributed by atoms with Gasteiger partial charge in [-0.15, -0.1) is 0 Å². The van der Waals surface area contributed by atoms with Crippen LogP contribution < -0.4 is 10.1 Å². The van der Waals surface area contributed by atoms with Gasteiger partial charge in [0.05, 0.1) is 24.8 Å². The molecule has 1 unspecified atom stereocenters. The second-order valence-corrected chi connectivity index (χ2v) is 9.54. The molecule has 1 N–H and O–H groups in total. The molecule has 0 fully saturated rings. The fourth-order valence-corrected chi connectivity index (χ4v) is 4.83. The SMILES string of the molecule is COc1ccccc1C(=O)NC1(C(F)(F)F)C(=O)N(Cc2ccccc2)C2=C1C(=O)CC(C)(C)C2. The van der Waals surface area contributed by atoms with Gasteiger partial charge in [0.15, 0.2) is 5.78 Å². The average Bonchev–Trinajstić information content (AvgIpc) is 3.02. The lowest BCUT2D eigenvalue weighted by molar-refractivity contribution is -0.190. The number of alkyl halides is 3. The molecule has 2 aliphatic rings. The highest BCUT2D eigenvalue weighted by Crippen LogP contribution is 2.52. The van der Waals surface area contributed by atoms with Crippen molar-refractivity contribution in [2.45, 2.75) is 44.9 Å². The molecule has 1 aliphatic carbocycles. The van der Waals surface area contributed by atoms with Crippen LogP contribution in [0.1, 0.15) is 42.6 Å². The minimum absolute atomic E-state index is 0.00208. The van der Waals surface area contributed by atoms with Gasteiger partial charge in [0.1, 0.15) is 5.75 Å². The van der Waals surface area contributed by atoms with E-state index in [-0.39, 0.29) is 36.4 Å². The molecule has 2 amide bonds. The van der Waals surface area contributed by atoms with Crippen LogP contribution >= 0.6 is 0 Å². The Balaban J connectivity index is 1.88. The molecule has 184 valence electrons. The van der Waals surface area contributed by atoms with Crippen LogP contribution in [0.5, 0.6) is 5.75 Å². The highest BCUT2D eigenvalue weighted by molar-refractivity contribution is 6.14. The maximum Gasteiger partial charge on any atom is 0.425 e. The van der Waals surface area contributed by atoms with Gasteiger partial charge >= 0.3 is 6.18 Å². The van der Waals surface area contributed by atoms with Crippen molar-refractivity contribution in [3.63, 3.8) is 0 Å². The Bertz CT molecular complexity index is 1220. The van der Waals surface area contributed by atoms with Crippen LogP contribution in [0, 0.1) is 5.41 Å². The number of benzene rings is 2. The molecule has 9 heteroatoms. The van der Waals surface area contributed by atoms with Gasteiger partial charge in [0.25, 0.3) is 11.8 Å². The van der Waals surface area contributed by atoms with E-state index >= 15 is 0 Å². The topological polar surface area (TPSA) is 75.7 Å². The number of hydrogen-bond acceptors (Lipinski definition) is 4. The molecule has 6 nitrogen and oxygen atoms in total. The van der Waals surface area contributed by atoms with Gasteiger partial charge in [-0.3, -0.25) is 14.4 Å². The number of rotatable bonds is 5. The molecule has 1 heterocycles. The number of allylic oxidation sites excluding steroid dienone is 1. The van der Waals surface area contributed by atoms with Crippen molar-refractivity contribution in [1.29, 1.82) is 0 Å². The van der Waals surface area contributed by atoms with Crippen LogP contribution in [0.2, 0.25) is 0 Å².